The summed E-state index contributed by atoms with van der Waals surface area (Å²) >= 11 is 0. The first-order valence-electron chi connectivity index (χ1n) is 6.22. The number of carbonyl (C=O) groups excluding carboxylic acids is 1. The summed E-state index contributed by atoms with van der Waals surface area (Å²) in [5.41, 5.74) is 0. The van der Waals surface area contributed by atoms with Gasteiger partial charge in [0, 0.05) is 18.0 Å². The Morgan fingerprint density at radius 3 is 2.72 bits per heavy atom. The van der Waals surface area contributed by atoms with Gasteiger partial charge in [0.1, 0.15) is 0 Å². The largest absolute Gasteiger partial charge is 0.317 e. The van der Waals surface area contributed by atoms with E-state index in [9.17, 15) is 13.2 Å². The molecule has 0 spiro atoms. The monoisotopic (exact) mass is 270 g/mol. The summed E-state index contributed by atoms with van der Waals surface area (Å²) in [6.07, 6.45) is 7.22. The van der Waals surface area contributed by atoms with E-state index in [4.69, 9.17) is 0 Å². The summed E-state index contributed by atoms with van der Waals surface area (Å²) in [6, 6.07) is 0. The Morgan fingerprint density at radius 2 is 2.06 bits per heavy atom. The van der Waals surface area contributed by atoms with Crippen LogP contribution in [-0.2, 0) is 14.8 Å². The van der Waals surface area contributed by atoms with Gasteiger partial charge in [-0.1, -0.05) is 12.2 Å². The Hall–Kier alpha value is -1.14. The Bertz CT molecular complexity index is 462. The van der Waals surface area contributed by atoms with Crippen LogP contribution in [0.5, 0.6) is 0 Å². The zero-order valence-electron chi connectivity index (χ0n) is 10.2. The molecule has 0 atom stereocenters. The zero-order valence-corrected chi connectivity index (χ0v) is 11.0. The summed E-state index contributed by atoms with van der Waals surface area (Å²) in [7, 11) is -3.60. The topological polar surface area (TPSA) is 66.5 Å². The lowest BCUT2D eigenvalue weighted by Crippen LogP contribution is -2.37. The fourth-order valence-electron chi connectivity index (χ4n) is 2.14. The lowest BCUT2D eigenvalue weighted by atomic mass is 9.99. The van der Waals surface area contributed by atoms with E-state index in [1.54, 1.807) is 12.2 Å². The molecule has 2 heterocycles. The van der Waals surface area contributed by atoms with Gasteiger partial charge in [-0.2, -0.15) is 0 Å². The Balaban J connectivity index is 2.04. The molecule has 0 saturated carbocycles. The number of nitrogens with one attached hydrogen (secondary N) is 1. The highest BCUT2D eigenvalue weighted by Crippen LogP contribution is 2.16. The van der Waals surface area contributed by atoms with Crippen molar-refractivity contribution in [1.82, 2.24) is 9.62 Å². The minimum absolute atomic E-state index is 0.244. The van der Waals surface area contributed by atoms with Crippen LogP contribution in [0.25, 0.3) is 0 Å². The number of rotatable bonds is 3. The minimum atomic E-state index is -3.60. The third-order valence-electron chi connectivity index (χ3n) is 3.22. The maximum Gasteiger partial charge on any atom is 0.259 e. The van der Waals surface area contributed by atoms with Gasteiger partial charge in [-0.15, -0.1) is 0 Å². The molecule has 1 saturated heterocycles. The van der Waals surface area contributed by atoms with E-state index >= 15 is 0 Å². The summed E-state index contributed by atoms with van der Waals surface area (Å²) in [5, 5.41) is 4.42. The molecule has 0 aromatic carbocycles. The number of allylic oxidation sites excluding steroid dienone is 1. The quantitative estimate of drug-likeness (QED) is 0.816. The smallest absolute Gasteiger partial charge is 0.259 e. The Morgan fingerprint density at radius 1 is 1.33 bits per heavy atom. The molecule has 1 N–H and O–H groups in total. The summed E-state index contributed by atoms with van der Waals surface area (Å²) in [6.45, 7) is 2.08. The first-order chi connectivity index (χ1) is 8.59. The van der Waals surface area contributed by atoms with Crippen molar-refractivity contribution in [3.05, 3.63) is 23.6 Å². The third kappa shape index (κ3) is 3.20. The molecule has 1 fully saturated rings. The number of nitrogens with zero attached hydrogens (tertiary/aromatic N) is 1. The molecule has 0 aromatic heterocycles. The van der Waals surface area contributed by atoms with Gasteiger partial charge in [0.25, 0.3) is 15.9 Å². The van der Waals surface area contributed by atoms with E-state index in [-0.39, 0.29) is 12.5 Å². The first-order valence-corrected chi connectivity index (χ1v) is 7.72. The van der Waals surface area contributed by atoms with Crippen molar-refractivity contribution in [1.29, 1.82) is 0 Å². The molecule has 0 aromatic rings. The molecule has 6 heteroatoms. The van der Waals surface area contributed by atoms with Gasteiger partial charge >= 0.3 is 0 Å². The van der Waals surface area contributed by atoms with Crippen LogP contribution in [0.4, 0.5) is 0 Å². The minimum Gasteiger partial charge on any atom is -0.317 e. The van der Waals surface area contributed by atoms with Crippen LogP contribution in [0.15, 0.2) is 23.6 Å². The number of amides is 1. The van der Waals surface area contributed by atoms with E-state index in [0.717, 1.165) is 30.2 Å². The highest BCUT2D eigenvalue weighted by Gasteiger charge is 2.25. The number of hydrogen-bond donors (Lipinski definition) is 1. The molecule has 100 valence electrons. The van der Waals surface area contributed by atoms with Gasteiger partial charge in [0.05, 0.1) is 0 Å². The molecular weight excluding hydrogens is 252 g/mol. The molecule has 1 amide bonds. The first kappa shape index (κ1) is 13.3. The fraction of sp³-hybridized carbons (Fsp3) is 0.583. The van der Waals surface area contributed by atoms with Gasteiger partial charge < -0.3 is 5.32 Å². The molecule has 2 aliphatic heterocycles. The van der Waals surface area contributed by atoms with E-state index in [0.29, 0.717) is 6.42 Å². The van der Waals surface area contributed by atoms with Gasteiger partial charge in [0.2, 0.25) is 0 Å². The number of piperidine rings is 1. The lowest BCUT2D eigenvalue weighted by molar-refractivity contribution is -0.121. The molecule has 0 radical (unpaired) electrons. The van der Waals surface area contributed by atoms with Crippen molar-refractivity contribution in [3.8, 4) is 0 Å². The predicted octanol–water partition coefficient (Wildman–Crippen LogP) is 0.618. The lowest BCUT2D eigenvalue weighted by Gasteiger charge is -2.22. The summed E-state index contributed by atoms with van der Waals surface area (Å²) in [5.74, 6) is -0.160. The van der Waals surface area contributed by atoms with Gasteiger partial charge in [0.15, 0.2) is 0 Å². The average molecular weight is 270 g/mol. The Kier molecular flexibility index (Phi) is 4.19. The molecule has 0 aliphatic carbocycles. The van der Waals surface area contributed by atoms with Crippen LogP contribution >= 0.6 is 0 Å². The van der Waals surface area contributed by atoms with Crippen LogP contribution in [0, 0.1) is 5.92 Å². The SMILES string of the molecule is O=C1C=CCCN1S(=O)(=O)/C=C/C1CCNCC1. The average Bonchev–Trinajstić information content (AvgIpc) is 2.38. The maximum absolute atomic E-state index is 12.0. The van der Waals surface area contributed by atoms with Crippen molar-refractivity contribution >= 4 is 15.9 Å². The molecule has 18 heavy (non-hydrogen) atoms. The third-order valence-corrected chi connectivity index (χ3v) is 4.70. The van der Waals surface area contributed by atoms with Crippen molar-refractivity contribution in [3.63, 3.8) is 0 Å². The summed E-state index contributed by atoms with van der Waals surface area (Å²) < 4.78 is 24.9. The van der Waals surface area contributed by atoms with Crippen LogP contribution < -0.4 is 5.32 Å². The zero-order chi connectivity index (χ0) is 13.0. The van der Waals surface area contributed by atoms with Crippen LogP contribution in [0.1, 0.15) is 19.3 Å². The van der Waals surface area contributed by atoms with Crippen LogP contribution in [0.2, 0.25) is 0 Å². The molecule has 2 rings (SSSR count). The van der Waals surface area contributed by atoms with E-state index in [1.165, 1.54) is 11.5 Å². The molecule has 2 aliphatic rings. The number of carbonyl (C=O) groups is 1. The van der Waals surface area contributed by atoms with Crippen molar-refractivity contribution in [2.45, 2.75) is 19.3 Å². The van der Waals surface area contributed by atoms with E-state index in [2.05, 4.69) is 5.32 Å². The normalized spacial score (nSPS) is 22.9. The van der Waals surface area contributed by atoms with Gasteiger partial charge in [-0.25, -0.2) is 12.7 Å². The van der Waals surface area contributed by atoms with Crippen LogP contribution in [0.3, 0.4) is 0 Å². The van der Waals surface area contributed by atoms with Crippen LogP contribution in [-0.4, -0.2) is 38.3 Å². The highest BCUT2D eigenvalue weighted by molar-refractivity contribution is 7.92. The summed E-state index contributed by atoms with van der Waals surface area (Å²) in [4.78, 5) is 11.5. The Labute approximate surface area is 108 Å². The second-order valence-corrected chi connectivity index (χ2v) is 6.31. The van der Waals surface area contributed by atoms with Gasteiger partial charge in [-0.05, 0) is 38.3 Å². The van der Waals surface area contributed by atoms with Crippen molar-refractivity contribution in [2.24, 2.45) is 5.92 Å². The fourth-order valence-corrected chi connectivity index (χ4v) is 3.38. The van der Waals surface area contributed by atoms with Crippen molar-refractivity contribution in [2.75, 3.05) is 19.6 Å². The number of sulfonamides is 1. The van der Waals surface area contributed by atoms with E-state index < -0.39 is 15.9 Å². The number of hydrogen-bond acceptors (Lipinski definition) is 4. The molecular formula is C12H18N2O3S. The second kappa shape index (κ2) is 5.67. The van der Waals surface area contributed by atoms with Crippen molar-refractivity contribution < 1.29 is 13.2 Å². The molecule has 5 nitrogen and oxygen atoms in total. The highest BCUT2D eigenvalue weighted by atomic mass is 32.2. The molecule has 0 unspecified atom stereocenters. The molecule has 0 bridgehead atoms. The van der Waals surface area contributed by atoms with E-state index in [1.807, 2.05) is 0 Å². The standard InChI is InChI=1S/C12H18N2O3S/c15-12-3-1-2-9-14(12)18(16,17)10-6-11-4-7-13-8-5-11/h1,3,6,10-11,13H,2,4-5,7-9H2/b10-6+. The predicted molar refractivity (Wildman–Crippen MR) is 69.1 cm³/mol. The maximum atomic E-state index is 12.0. The van der Waals surface area contributed by atoms with Gasteiger partial charge in [-0.3, -0.25) is 4.79 Å². The second-order valence-electron chi connectivity index (χ2n) is 4.56.